The van der Waals surface area contributed by atoms with E-state index in [-0.39, 0.29) is 6.79 Å². The second-order valence-corrected chi connectivity index (χ2v) is 6.44. The largest absolute Gasteiger partial charge is 0.493 e. The first kappa shape index (κ1) is 17.8. The lowest BCUT2D eigenvalue weighted by molar-refractivity contribution is 0.174. The molecule has 1 unspecified atom stereocenters. The van der Waals surface area contributed by atoms with Crippen LogP contribution < -0.4 is 29.6 Å². The maximum Gasteiger partial charge on any atom is 0.231 e. The highest BCUT2D eigenvalue weighted by Crippen LogP contribution is 2.46. The van der Waals surface area contributed by atoms with E-state index in [2.05, 4.69) is 4.99 Å². The molecule has 0 bridgehead atoms. The standard InChI is InChI=1S/C19H20ClN3O4/c1-24-16-8-12-13(9-17(16)25-7-3-6-20)22-10-23(19(12)21)14-4-2-5-15-18(14)27-11-26-15/h2,4-5,8-10,19H,3,6-7,11,21H2,1H3. The van der Waals surface area contributed by atoms with Gasteiger partial charge < -0.3 is 29.6 Å². The average Bonchev–Trinajstić information content (AvgIpc) is 3.17. The van der Waals surface area contributed by atoms with Gasteiger partial charge in [0.1, 0.15) is 6.17 Å². The number of nitrogens with two attached hydrogens (primary N) is 1. The predicted octanol–water partition coefficient (Wildman–Crippen LogP) is 3.57. The molecule has 4 rings (SSSR count). The van der Waals surface area contributed by atoms with Gasteiger partial charge in [-0.25, -0.2) is 4.99 Å². The van der Waals surface area contributed by atoms with Gasteiger partial charge in [0.15, 0.2) is 23.0 Å². The molecule has 0 spiro atoms. The third-order valence-corrected chi connectivity index (χ3v) is 4.71. The minimum atomic E-state index is -0.459. The third-order valence-electron chi connectivity index (χ3n) is 4.44. The number of ether oxygens (including phenoxy) is 4. The summed E-state index contributed by atoms with van der Waals surface area (Å²) < 4.78 is 22.3. The number of methoxy groups -OCH3 is 1. The summed E-state index contributed by atoms with van der Waals surface area (Å²) in [5, 5.41) is 0. The number of hydrogen-bond donors (Lipinski definition) is 1. The highest BCUT2D eigenvalue weighted by molar-refractivity contribution is 6.17. The molecule has 0 saturated heterocycles. The van der Waals surface area contributed by atoms with Crippen LogP contribution in [0.4, 0.5) is 11.4 Å². The molecule has 2 aliphatic rings. The fraction of sp³-hybridized carbons (Fsp3) is 0.316. The molecule has 2 heterocycles. The maximum absolute atomic E-state index is 6.54. The van der Waals surface area contributed by atoms with Gasteiger partial charge >= 0.3 is 0 Å². The van der Waals surface area contributed by atoms with Crippen LogP contribution in [0.2, 0.25) is 0 Å². The second kappa shape index (κ2) is 7.54. The van der Waals surface area contributed by atoms with E-state index in [1.165, 1.54) is 0 Å². The first-order valence-corrected chi connectivity index (χ1v) is 9.14. The van der Waals surface area contributed by atoms with Crippen LogP contribution in [0.25, 0.3) is 0 Å². The van der Waals surface area contributed by atoms with Crippen molar-refractivity contribution in [2.45, 2.75) is 12.6 Å². The van der Waals surface area contributed by atoms with E-state index in [0.717, 1.165) is 23.4 Å². The van der Waals surface area contributed by atoms with Crippen LogP contribution >= 0.6 is 11.6 Å². The van der Waals surface area contributed by atoms with E-state index < -0.39 is 6.17 Å². The number of fused-ring (bicyclic) bond motifs is 2. The maximum atomic E-state index is 6.54. The lowest BCUT2D eigenvalue weighted by Crippen LogP contribution is -2.35. The van der Waals surface area contributed by atoms with Crippen LogP contribution in [0, 0.1) is 0 Å². The van der Waals surface area contributed by atoms with E-state index >= 15 is 0 Å². The Labute approximate surface area is 162 Å². The summed E-state index contributed by atoms with van der Waals surface area (Å²) in [4.78, 5) is 6.40. The Bertz CT molecular complexity index is 874. The van der Waals surface area contributed by atoms with E-state index in [4.69, 9.17) is 36.3 Å². The lowest BCUT2D eigenvalue weighted by atomic mass is 10.1. The molecular formula is C19H20ClN3O4. The topological polar surface area (TPSA) is 78.5 Å². The molecule has 7 nitrogen and oxygen atoms in total. The number of anilines is 1. The summed E-state index contributed by atoms with van der Waals surface area (Å²) in [6.45, 7) is 0.702. The number of aliphatic imine (C=N–C) groups is 1. The number of benzene rings is 2. The van der Waals surface area contributed by atoms with Gasteiger partial charge in [-0.2, -0.15) is 0 Å². The Morgan fingerprint density at radius 1 is 1.30 bits per heavy atom. The van der Waals surface area contributed by atoms with Crippen LogP contribution in [0.15, 0.2) is 35.3 Å². The van der Waals surface area contributed by atoms with Gasteiger partial charge in [0.25, 0.3) is 0 Å². The molecule has 1 atom stereocenters. The summed E-state index contributed by atoms with van der Waals surface area (Å²) in [5.74, 6) is 3.12. The molecule has 2 N–H and O–H groups in total. The summed E-state index contributed by atoms with van der Waals surface area (Å²) >= 11 is 5.71. The van der Waals surface area contributed by atoms with Gasteiger partial charge in [0.05, 0.1) is 31.4 Å². The van der Waals surface area contributed by atoms with Crippen molar-refractivity contribution in [1.29, 1.82) is 0 Å². The predicted molar refractivity (Wildman–Crippen MR) is 104 cm³/mol. The Balaban J connectivity index is 1.67. The normalized spacial score (nSPS) is 17.0. The van der Waals surface area contributed by atoms with Crippen molar-refractivity contribution >= 4 is 29.3 Å². The molecule has 142 valence electrons. The number of halogens is 1. The number of para-hydroxylation sites is 1. The number of rotatable bonds is 6. The molecule has 0 amide bonds. The molecule has 0 saturated carbocycles. The number of nitrogens with zero attached hydrogens (tertiary/aromatic N) is 2. The van der Waals surface area contributed by atoms with Crippen LogP contribution in [0.3, 0.4) is 0 Å². The lowest BCUT2D eigenvalue weighted by Gasteiger charge is -2.32. The molecule has 27 heavy (non-hydrogen) atoms. The first-order chi connectivity index (χ1) is 13.2. The fourth-order valence-electron chi connectivity index (χ4n) is 3.10. The molecule has 0 fully saturated rings. The van der Waals surface area contributed by atoms with Crippen LogP contribution in [0.5, 0.6) is 23.0 Å². The Morgan fingerprint density at radius 3 is 3.00 bits per heavy atom. The van der Waals surface area contributed by atoms with Crippen molar-refractivity contribution < 1.29 is 18.9 Å². The minimum absolute atomic E-state index is 0.194. The summed E-state index contributed by atoms with van der Waals surface area (Å²) in [7, 11) is 1.60. The second-order valence-electron chi connectivity index (χ2n) is 6.06. The van der Waals surface area contributed by atoms with Crippen molar-refractivity contribution in [2.75, 3.05) is 31.3 Å². The summed E-state index contributed by atoms with van der Waals surface area (Å²) in [6.07, 6.45) is 1.98. The molecule has 2 aromatic rings. The number of hydrogen-bond acceptors (Lipinski definition) is 7. The van der Waals surface area contributed by atoms with E-state index in [1.54, 1.807) is 13.4 Å². The van der Waals surface area contributed by atoms with Crippen LogP contribution in [-0.2, 0) is 0 Å². The molecule has 0 aromatic heterocycles. The molecule has 2 aromatic carbocycles. The Kier molecular flexibility index (Phi) is 4.96. The zero-order valence-electron chi connectivity index (χ0n) is 14.9. The van der Waals surface area contributed by atoms with E-state index in [9.17, 15) is 0 Å². The zero-order valence-corrected chi connectivity index (χ0v) is 15.6. The SMILES string of the molecule is COc1cc2c(cc1OCCCCl)N=CN(c1cccc3c1OCO3)C2N. The smallest absolute Gasteiger partial charge is 0.231 e. The highest BCUT2D eigenvalue weighted by Gasteiger charge is 2.29. The molecule has 0 aliphatic carbocycles. The highest BCUT2D eigenvalue weighted by atomic mass is 35.5. The van der Waals surface area contributed by atoms with Gasteiger partial charge in [0.2, 0.25) is 6.79 Å². The van der Waals surface area contributed by atoms with Crippen LogP contribution in [-0.4, -0.2) is 32.7 Å². The van der Waals surface area contributed by atoms with Gasteiger partial charge in [-0.05, 0) is 24.6 Å². The monoisotopic (exact) mass is 389 g/mol. The van der Waals surface area contributed by atoms with Crippen molar-refractivity contribution in [3.8, 4) is 23.0 Å². The fourth-order valence-corrected chi connectivity index (χ4v) is 3.21. The molecule has 8 heteroatoms. The van der Waals surface area contributed by atoms with E-state index in [0.29, 0.717) is 35.5 Å². The van der Waals surface area contributed by atoms with Crippen molar-refractivity contribution in [3.05, 3.63) is 35.9 Å². The van der Waals surface area contributed by atoms with E-state index in [1.807, 2.05) is 35.2 Å². The average molecular weight is 390 g/mol. The Hall–Kier alpha value is -2.64. The third kappa shape index (κ3) is 3.24. The van der Waals surface area contributed by atoms with Crippen molar-refractivity contribution in [2.24, 2.45) is 10.7 Å². The quantitative estimate of drug-likeness (QED) is 0.601. The zero-order chi connectivity index (χ0) is 18.8. The molecule has 0 radical (unpaired) electrons. The van der Waals surface area contributed by atoms with Crippen molar-refractivity contribution in [3.63, 3.8) is 0 Å². The van der Waals surface area contributed by atoms with Gasteiger partial charge in [-0.1, -0.05) is 6.07 Å². The van der Waals surface area contributed by atoms with Crippen LogP contribution in [0.1, 0.15) is 18.2 Å². The molecular weight excluding hydrogens is 370 g/mol. The summed E-state index contributed by atoms with van der Waals surface area (Å²) in [6, 6.07) is 9.38. The molecule has 2 aliphatic heterocycles. The minimum Gasteiger partial charge on any atom is -0.493 e. The number of alkyl halides is 1. The first-order valence-electron chi connectivity index (χ1n) is 8.60. The van der Waals surface area contributed by atoms with Crippen molar-refractivity contribution in [1.82, 2.24) is 0 Å². The summed E-state index contributed by atoms with van der Waals surface area (Å²) in [5.41, 5.74) is 8.91. The van der Waals surface area contributed by atoms with Gasteiger partial charge in [-0.3, -0.25) is 0 Å². The Morgan fingerprint density at radius 2 is 2.19 bits per heavy atom. The van der Waals surface area contributed by atoms with Gasteiger partial charge in [-0.15, -0.1) is 11.6 Å². The van der Waals surface area contributed by atoms with Gasteiger partial charge in [0, 0.05) is 17.5 Å².